The highest BCUT2D eigenvalue weighted by molar-refractivity contribution is 6.26. The average molecular weight is 394 g/mol. The first-order valence-corrected chi connectivity index (χ1v) is 9.22. The lowest BCUT2D eigenvalue weighted by Crippen LogP contribution is -2.41. The van der Waals surface area contributed by atoms with E-state index in [9.17, 15) is 24.6 Å². The fourth-order valence-corrected chi connectivity index (χ4v) is 5.47. The van der Waals surface area contributed by atoms with Crippen LogP contribution in [0, 0.1) is 23.7 Å². The molecule has 3 aliphatic carbocycles. The van der Waals surface area contributed by atoms with Gasteiger partial charge in [0.2, 0.25) is 11.5 Å². The number of rotatable bonds is 0. The molecule has 1 heterocycles. The number of phenols is 1. The summed E-state index contributed by atoms with van der Waals surface area (Å²) in [5.41, 5.74) is -1.46. The lowest BCUT2D eigenvalue weighted by molar-refractivity contribution is -0.134. The Morgan fingerprint density at radius 2 is 1.69 bits per heavy atom. The molecule has 7 heteroatoms. The van der Waals surface area contributed by atoms with E-state index in [4.69, 9.17) is 9.47 Å². The second-order valence-electron chi connectivity index (χ2n) is 8.45. The minimum Gasteiger partial charge on any atom is -0.504 e. The Balaban J connectivity index is 1.80. The van der Waals surface area contributed by atoms with E-state index < -0.39 is 34.1 Å². The molecule has 3 atom stereocenters. The summed E-state index contributed by atoms with van der Waals surface area (Å²) in [7, 11) is 0. The number of allylic oxidation sites excluding steroid dienone is 3. The molecule has 4 aliphatic rings. The molecule has 7 nitrogen and oxygen atoms in total. The average Bonchev–Trinajstić information content (AvgIpc) is 2.99. The molecule has 1 fully saturated rings. The van der Waals surface area contributed by atoms with Gasteiger partial charge in [-0.2, -0.15) is 0 Å². The normalized spacial score (nSPS) is 32.3. The standard InChI is InChI=1S/C22H18O7/c1-8-5-10(23)16-11(6-8)28-20-17(29-16)15(26)14(25)13-19(27)21(3)12(24)7-9(2)18(21)22(13,20)4/h5-7,18,23,25H,1-4H3. The van der Waals surface area contributed by atoms with Crippen LogP contribution >= 0.6 is 0 Å². The molecule has 0 aromatic heterocycles. The van der Waals surface area contributed by atoms with Crippen molar-refractivity contribution in [3.8, 4) is 17.2 Å². The summed E-state index contributed by atoms with van der Waals surface area (Å²) < 4.78 is 11.8. The Hall–Kier alpha value is -3.35. The molecule has 0 bridgehead atoms. The van der Waals surface area contributed by atoms with Gasteiger partial charge in [-0.3, -0.25) is 14.4 Å². The van der Waals surface area contributed by atoms with Crippen LogP contribution in [0.25, 0.3) is 0 Å². The Morgan fingerprint density at radius 3 is 2.38 bits per heavy atom. The molecule has 2 N–H and O–H groups in total. The Labute approximate surface area is 165 Å². The number of carbonyl (C=O) groups excluding carboxylic acids is 3. The fraction of sp³-hybridized carbons (Fsp3) is 0.318. The number of ether oxygens (including phenoxy) is 2. The van der Waals surface area contributed by atoms with Gasteiger partial charge >= 0.3 is 0 Å². The van der Waals surface area contributed by atoms with Crippen LogP contribution in [0.3, 0.4) is 0 Å². The second kappa shape index (κ2) is 4.97. The SMILES string of the molecule is CC1=CC(=O)C2(C)C(=O)C3=C(O)C(=O)C4=C(Oc5cc(C)cc(O)c5O4)C3(C)C12. The monoisotopic (exact) mass is 394 g/mol. The fourth-order valence-electron chi connectivity index (χ4n) is 5.47. The van der Waals surface area contributed by atoms with Crippen LogP contribution in [0.5, 0.6) is 17.2 Å². The van der Waals surface area contributed by atoms with Gasteiger partial charge in [-0.05, 0) is 51.5 Å². The molecule has 3 unspecified atom stereocenters. The zero-order valence-electron chi connectivity index (χ0n) is 16.2. The minimum atomic E-state index is -1.43. The van der Waals surface area contributed by atoms with Crippen LogP contribution in [0.4, 0.5) is 0 Å². The lowest BCUT2D eigenvalue weighted by Gasteiger charge is -2.40. The van der Waals surface area contributed by atoms with Crippen molar-refractivity contribution in [3.63, 3.8) is 0 Å². The van der Waals surface area contributed by atoms with Gasteiger partial charge in [0, 0.05) is 5.92 Å². The molecular weight excluding hydrogens is 376 g/mol. The molecule has 0 spiro atoms. The quantitative estimate of drug-likeness (QED) is 0.651. The number of benzene rings is 1. The van der Waals surface area contributed by atoms with Crippen LogP contribution in [0.15, 0.2) is 46.6 Å². The molecule has 29 heavy (non-hydrogen) atoms. The highest BCUT2D eigenvalue weighted by Crippen LogP contribution is 2.67. The summed E-state index contributed by atoms with van der Waals surface area (Å²) in [6.45, 7) is 6.72. The van der Waals surface area contributed by atoms with Gasteiger partial charge < -0.3 is 19.7 Å². The van der Waals surface area contributed by atoms with Crippen LogP contribution in [0.2, 0.25) is 0 Å². The predicted octanol–water partition coefficient (Wildman–Crippen LogP) is 2.82. The minimum absolute atomic E-state index is 0.0376. The number of Topliss-reactive ketones (excluding diaryl/α,β-unsaturated/α-hetero) is 2. The Morgan fingerprint density at radius 1 is 1.00 bits per heavy atom. The number of carbonyl (C=O) groups is 3. The van der Waals surface area contributed by atoms with Gasteiger partial charge in [-0.15, -0.1) is 0 Å². The summed E-state index contributed by atoms with van der Waals surface area (Å²) in [5.74, 6) is -3.50. The molecule has 1 aliphatic heterocycles. The molecule has 0 saturated heterocycles. The number of hydrogen-bond donors (Lipinski definition) is 2. The van der Waals surface area contributed by atoms with E-state index in [1.165, 1.54) is 19.1 Å². The summed E-state index contributed by atoms with van der Waals surface area (Å²) >= 11 is 0. The number of ketones is 3. The van der Waals surface area contributed by atoms with Crippen molar-refractivity contribution >= 4 is 17.3 Å². The van der Waals surface area contributed by atoms with Crippen molar-refractivity contribution < 1.29 is 34.1 Å². The van der Waals surface area contributed by atoms with Gasteiger partial charge in [0.15, 0.2) is 34.6 Å². The van der Waals surface area contributed by atoms with Gasteiger partial charge in [0.05, 0.1) is 11.0 Å². The summed E-state index contributed by atoms with van der Waals surface area (Å²) in [4.78, 5) is 38.9. The van der Waals surface area contributed by atoms with Crippen molar-refractivity contribution in [1.29, 1.82) is 0 Å². The van der Waals surface area contributed by atoms with Crippen molar-refractivity contribution in [2.75, 3.05) is 0 Å². The van der Waals surface area contributed by atoms with E-state index in [0.29, 0.717) is 11.1 Å². The second-order valence-corrected chi connectivity index (χ2v) is 8.45. The number of fused-ring (bicyclic) bond motifs is 5. The number of aryl methyl sites for hydroxylation is 1. The maximum atomic E-state index is 13.3. The van der Waals surface area contributed by atoms with E-state index in [0.717, 1.165) is 0 Å². The molecule has 1 aromatic carbocycles. The summed E-state index contributed by atoms with van der Waals surface area (Å²) in [6, 6.07) is 3.10. The largest absolute Gasteiger partial charge is 0.504 e. The molecule has 1 saturated carbocycles. The van der Waals surface area contributed by atoms with E-state index in [1.807, 2.05) is 0 Å². The molecule has 5 rings (SSSR count). The molecular formula is C22H18O7. The third-order valence-electron chi connectivity index (χ3n) is 6.63. The van der Waals surface area contributed by atoms with E-state index >= 15 is 0 Å². The van der Waals surface area contributed by atoms with Gasteiger partial charge in [0.25, 0.3) is 5.78 Å². The maximum absolute atomic E-state index is 13.3. The van der Waals surface area contributed by atoms with Crippen molar-refractivity contribution in [2.24, 2.45) is 16.7 Å². The topological polar surface area (TPSA) is 110 Å². The van der Waals surface area contributed by atoms with Gasteiger partial charge in [0.1, 0.15) is 5.41 Å². The van der Waals surface area contributed by atoms with Crippen LogP contribution in [-0.2, 0) is 14.4 Å². The zero-order chi connectivity index (χ0) is 21.0. The van der Waals surface area contributed by atoms with Gasteiger partial charge in [-0.25, -0.2) is 0 Å². The zero-order valence-corrected chi connectivity index (χ0v) is 16.2. The summed E-state index contributed by atoms with van der Waals surface area (Å²) in [5, 5.41) is 20.9. The van der Waals surface area contributed by atoms with E-state index in [2.05, 4.69) is 0 Å². The molecule has 148 valence electrons. The van der Waals surface area contributed by atoms with E-state index in [-0.39, 0.29) is 40.1 Å². The molecule has 0 radical (unpaired) electrons. The summed E-state index contributed by atoms with van der Waals surface area (Å²) in [6.07, 6.45) is 1.44. The Bertz CT molecular complexity index is 1180. The van der Waals surface area contributed by atoms with Crippen LogP contribution in [0.1, 0.15) is 26.3 Å². The van der Waals surface area contributed by atoms with Crippen molar-refractivity contribution in [3.05, 3.63) is 52.2 Å². The first kappa shape index (κ1) is 17.7. The molecule has 1 aromatic rings. The van der Waals surface area contributed by atoms with E-state index in [1.54, 1.807) is 26.8 Å². The highest BCUT2D eigenvalue weighted by Gasteiger charge is 2.72. The Kier molecular flexibility index (Phi) is 3.04. The lowest BCUT2D eigenvalue weighted by atomic mass is 9.66. The smallest absolute Gasteiger partial charge is 0.266 e. The third-order valence-corrected chi connectivity index (χ3v) is 6.63. The van der Waals surface area contributed by atoms with Gasteiger partial charge in [-0.1, -0.05) is 5.57 Å². The predicted molar refractivity (Wildman–Crippen MR) is 99.3 cm³/mol. The first-order valence-electron chi connectivity index (χ1n) is 9.22. The maximum Gasteiger partial charge on any atom is 0.266 e. The number of aliphatic hydroxyl groups is 1. The van der Waals surface area contributed by atoms with Crippen LogP contribution < -0.4 is 9.47 Å². The van der Waals surface area contributed by atoms with Crippen molar-refractivity contribution in [2.45, 2.75) is 27.7 Å². The highest BCUT2D eigenvalue weighted by atomic mass is 16.6. The number of aromatic hydroxyl groups is 1. The number of hydrogen-bond acceptors (Lipinski definition) is 7. The third kappa shape index (κ3) is 1.76. The van der Waals surface area contributed by atoms with Crippen LogP contribution in [-0.4, -0.2) is 27.6 Å². The number of aliphatic hydroxyl groups excluding tert-OH is 1. The first-order chi connectivity index (χ1) is 13.5. The number of phenolic OH excluding ortho intramolecular Hbond substituents is 1. The van der Waals surface area contributed by atoms with Crippen molar-refractivity contribution in [1.82, 2.24) is 0 Å². The molecule has 0 amide bonds.